The molecular formula is C29H25ClN2O3S. The molecule has 0 spiro atoms. The van der Waals surface area contributed by atoms with Gasteiger partial charge in [0.25, 0.3) is 5.91 Å². The number of benzene rings is 4. The first kappa shape index (κ1) is 24.3. The van der Waals surface area contributed by atoms with Gasteiger partial charge in [0.2, 0.25) is 10.0 Å². The van der Waals surface area contributed by atoms with E-state index in [-0.39, 0.29) is 10.8 Å². The Morgan fingerprint density at radius 3 is 2.14 bits per heavy atom. The molecule has 1 aliphatic heterocycles. The fraction of sp³-hybridized carbons (Fsp3) is 0.138. The van der Waals surface area contributed by atoms with Crippen LogP contribution in [0.5, 0.6) is 0 Å². The Bertz CT molecular complexity index is 1450. The van der Waals surface area contributed by atoms with Gasteiger partial charge < -0.3 is 4.90 Å². The zero-order chi connectivity index (χ0) is 25.1. The van der Waals surface area contributed by atoms with Gasteiger partial charge in [-0.3, -0.25) is 4.79 Å². The van der Waals surface area contributed by atoms with Crippen LogP contribution in [0.15, 0.2) is 108 Å². The van der Waals surface area contributed by atoms with Crippen molar-refractivity contribution in [2.75, 3.05) is 11.4 Å². The van der Waals surface area contributed by atoms with Crippen molar-refractivity contribution in [2.24, 2.45) is 0 Å². The van der Waals surface area contributed by atoms with Crippen molar-refractivity contribution < 1.29 is 13.2 Å². The zero-order valence-electron chi connectivity index (χ0n) is 19.5. The number of nitrogens with zero attached hydrogens (tertiary/aromatic N) is 1. The molecule has 0 aromatic heterocycles. The Hall–Kier alpha value is -3.45. The number of fused-ring (bicyclic) bond motifs is 1. The fourth-order valence-corrected chi connectivity index (χ4v) is 6.03. The van der Waals surface area contributed by atoms with Gasteiger partial charge in [0, 0.05) is 22.8 Å². The van der Waals surface area contributed by atoms with Crippen LogP contribution in [-0.2, 0) is 16.4 Å². The van der Waals surface area contributed by atoms with E-state index in [9.17, 15) is 13.2 Å². The molecule has 0 atom stereocenters. The fourth-order valence-electron chi connectivity index (χ4n) is 4.57. The molecule has 5 rings (SSSR count). The SMILES string of the molecule is O=C(c1cccc(Cl)c1)N1CCCc2cc(S(=O)(=O)NC(c3ccccc3)c3ccccc3)ccc21. The van der Waals surface area contributed by atoms with Crippen molar-refractivity contribution in [1.82, 2.24) is 4.72 Å². The highest BCUT2D eigenvalue weighted by atomic mass is 35.5. The molecule has 7 heteroatoms. The highest BCUT2D eigenvalue weighted by Crippen LogP contribution is 2.32. The molecule has 1 amide bonds. The molecule has 182 valence electrons. The summed E-state index contributed by atoms with van der Waals surface area (Å²) in [5.41, 5.74) is 3.76. The summed E-state index contributed by atoms with van der Waals surface area (Å²) in [5, 5.41) is 0.497. The van der Waals surface area contributed by atoms with Gasteiger partial charge in [-0.25, -0.2) is 8.42 Å². The quantitative estimate of drug-likeness (QED) is 0.342. The third kappa shape index (κ3) is 5.07. The zero-order valence-corrected chi connectivity index (χ0v) is 21.0. The van der Waals surface area contributed by atoms with Gasteiger partial charge in [-0.15, -0.1) is 0 Å². The Morgan fingerprint density at radius 2 is 1.50 bits per heavy atom. The minimum Gasteiger partial charge on any atom is -0.308 e. The van der Waals surface area contributed by atoms with E-state index in [0.29, 0.717) is 23.6 Å². The van der Waals surface area contributed by atoms with Crippen LogP contribution in [0.3, 0.4) is 0 Å². The number of rotatable bonds is 6. The summed E-state index contributed by atoms with van der Waals surface area (Å²) in [6.07, 6.45) is 1.44. The standard InChI is InChI=1S/C29H25ClN2O3S/c30-25-15-7-13-24(19-25)29(33)32-18-8-14-23-20-26(16-17-27(23)32)36(34,35)31-28(21-9-3-1-4-10-21)22-11-5-2-6-12-22/h1-7,9-13,15-17,19-20,28,31H,8,14,18H2. The molecule has 5 nitrogen and oxygen atoms in total. The number of aryl methyl sites for hydroxylation is 1. The van der Waals surface area contributed by atoms with Gasteiger partial charge in [0.1, 0.15) is 0 Å². The van der Waals surface area contributed by atoms with Crippen LogP contribution in [0, 0.1) is 0 Å². The molecule has 4 aromatic carbocycles. The van der Waals surface area contributed by atoms with Gasteiger partial charge in [0.15, 0.2) is 0 Å². The van der Waals surface area contributed by atoms with E-state index in [2.05, 4.69) is 4.72 Å². The molecule has 36 heavy (non-hydrogen) atoms. The maximum Gasteiger partial charge on any atom is 0.258 e. The molecule has 0 unspecified atom stereocenters. The van der Waals surface area contributed by atoms with Gasteiger partial charge in [0.05, 0.1) is 10.9 Å². The topological polar surface area (TPSA) is 66.5 Å². The van der Waals surface area contributed by atoms with Crippen molar-refractivity contribution in [3.8, 4) is 0 Å². The minimum absolute atomic E-state index is 0.152. The van der Waals surface area contributed by atoms with E-state index in [4.69, 9.17) is 11.6 Å². The van der Waals surface area contributed by atoms with Crippen molar-refractivity contribution in [3.05, 3.63) is 130 Å². The molecule has 1 N–H and O–H groups in total. The van der Waals surface area contributed by atoms with Crippen LogP contribution in [0.1, 0.15) is 39.5 Å². The van der Waals surface area contributed by atoms with Crippen LogP contribution in [-0.4, -0.2) is 20.9 Å². The Kier molecular flexibility index (Phi) is 6.92. The smallest absolute Gasteiger partial charge is 0.258 e. The maximum absolute atomic E-state index is 13.5. The third-order valence-corrected chi connectivity index (χ3v) is 7.99. The molecule has 1 aliphatic rings. The summed E-state index contributed by atoms with van der Waals surface area (Å²) in [4.78, 5) is 15.1. The second-order valence-corrected chi connectivity index (χ2v) is 10.9. The van der Waals surface area contributed by atoms with E-state index >= 15 is 0 Å². The number of hydrogen-bond acceptors (Lipinski definition) is 3. The van der Waals surface area contributed by atoms with E-state index in [1.807, 2.05) is 60.7 Å². The number of carbonyl (C=O) groups excluding carboxylic acids is 1. The van der Waals surface area contributed by atoms with Gasteiger partial charge in [-0.2, -0.15) is 4.72 Å². The van der Waals surface area contributed by atoms with Crippen LogP contribution in [0.2, 0.25) is 5.02 Å². The van der Waals surface area contributed by atoms with Gasteiger partial charge in [-0.05, 0) is 65.9 Å². The average Bonchev–Trinajstić information content (AvgIpc) is 2.91. The number of anilines is 1. The first-order valence-electron chi connectivity index (χ1n) is 11.7. The predicted octanol–water partition coefficient (Wildman–Crippen LogP) is 6.00. The highest BCUT2D eigenvalue weighted by Gasteiger charge is 2.27. The number of hydrogen-bond donors (Lipinski definition) is 1. The lowest BCUT2D eigenvalue weighted by atomic mass is 10.00. The molecule has 4 aromatic rings. The molecule has 0 saturated carbocycles. The Labute approximate surface area is 216 Å². The van der Waals surface area contributed by atoms with Crippen molar-refractivity contribution >= 4 is 33.2 Å². The molecular weight excluding hydrogens is 492 g/mol. The number of sulfonamides is 1. The lowest BCUT2D eigenvalue weighted by Crippen LogP contribution is -2.36. The Balaban J connectivity index is 1.46. The summed E-state index contributed by atoms with van der Waals surface area (Å²) in [6.45, 7) is 0.562. The number of halogens is 1. The average molecular weight is 517 g/mol. The molecule has 0 radical (unpaired) electrons. The predicted molar refractivity (Wildman–Crippen MR) is 143 cm³/mol. The summed E-state index contributed by atoms with van der Waals surface area (Å²) < 4.78 is 30.0. The second kappa shape index (κ2) is 10.3. The van der Waals surface area contributed by atoms with Crippen molar-refractivity contribution in [3.63, 3.8) is 0 Å². The number of amides is 1. The monoisotopic (exact) mass is 516 g/mol. The third-order valence-electron chi connectivity index (χ3n) is 6.34. The summed E-state index contributed by atoms with van der Waals surface area (Å²) in [5.74, 6) is -0.152. The normalized spacial score (nSPS) is 13.4. The summed E-state index contributed by atoms with van der Waals surface area (Å²) >= 11 is 6.08. The summed E-state index contributed by atoms with van der Waals surface area (Å²) in [7, 11) is -3.86. The molecule has 0 fully saturated rings. The van der Waals surface area contributed by atoms with E-state index < -0.39 is 16.1 Å². The van der Waals surface area contributed by atoms with E-state index in [1.54, 1.807) is 47.4 Å². The first-order chi connectivity index (χ1) is 17.4. The highest BCUT2D eigenvalue weighted by molar-refractivity contribution is 7.89. The van der Waals surface area contributed by atoms with Gasteiger partial charge >= 0.3 is 0 Å². The lowest BCUT2D eigenvalue weighted by Gasteiger charge is -2.30. The maximum atomic E-state index is 13.5. The molecule has 1 heterocycles. The first-order valence-corrected chi connectivity index (χ1v) is 13.6. The summed E-state index contributed by atoms with van der Waals surface area (Å²) in [6, 6.07) is 30.3. The van der Waals surface area contributed by atoms with Crippen molar-refractivity contribution in [2.45, 2.75) is 23.8 Å². The lowest BCUT2D eigenvalue weighted by molar-refractivity contribution is 0.0985. The van der Waals surface area contributed by atoms with Crippen LogP contribution in [0.4, 0.5) is 5.69 Å². The van der Waals surface area contributed by atoms with Crippen molar-refractivity contribution in [1.29, 1.82) is 0 Å². The van der Waals surface area contributed by atoms with Crippen LogP contribution in [0.25, 0.3) is 0 Å². The Morgan fingerprint density at radius 1 is 0.833 bits per heavy atom. The molecule has 0 aliphatic carbocycles. The minimum atomic E-state index is -3.86. The van der Waals surface area contributed by atoms with E-state index in [1.165, 1.54) is 0 Å². The number of nitrogens with one attached hydrogen (secondary N) is 1. The van der Waals surface area contributed by atoms with E-state index in [0.717, 1.165) is 28.8 Å². The second-order valence-electron chi connectivity index (χ2n) is 8.74. The van der Waals surface area contributed by atoms with Crippen LogP contribution < -0.4 is 9.62 Å². The van der Waals surface area contributed by atoms with Gasteiger partial charge in [-0.1, -0.05) is 78.3 Å². The molecule has 0 saturated heterocycles. The largest absolute Gasteiger partial charge is 0.308 e. The molecule has 0 bridgehead atoms. The number of carbonyl (C=O) groups is 1. The van der Waals surface area contributed by atoms with Crippen LogP contribution >= 0.6 is 11.6 Å².